The van der Waals surface area contributed by atoms with Gasteiger partial charge in [-0.2, -0.15) is 5.10 Å². The molecule has 0 aromatic carbocycles. The molecule has 1 N–H and O–H groups in total. The summed E-state index contributed by atoms with van der Waals surface area (Å²) in [5.74, 6) is 0. The summed E-state index contributed by atoms with van der Waals surface area (Å²) in [6.07, 6.45) is 6.91. The zero-order valence-corrected chi connectivity index (χ0v) is 16.2. The van der Waals surface area contributed by atoms with Crippen molar-refractivity contribution in [2.45, 2.75) is 76.2 Å². The van der Waals surface area contributed by atoms with Gasteiger partial charge in [0.15, 0.2) is 0 Å². The Morgan fingerprint density at radius 2 is 2.00 bits per heavy atom. The van der Waals surface area contributed by atoms with Gasteiger partial charge in [-0.1, -0.05) is 33.6 Å². The first-order valence-corrected chi connectivity index (χ1v) is 10.4. The van der Waals surface area contributed by atoms with Crippen LogP contribution in [0.25, 0.3) is 0 Å². The maximum absolute atomic E-state index is 12.8. The van der Waals surface area contributed by atoms with E-state index in [-0.39, 0.29) is 5.41 Å². The summed E-state index contributed by atoms with van der Waals surface area (Å²) in [6, 6.07) is 0.327. The molecule has 0 radical (unpaired) electrons. The van der Waals surface area contributed by atoms with E-state index in [9.17, 15) is 8.42 Å². The van der Waals surface area contributed by atoms with Gasteiger partial charge in [-0.3, -0.25) is 4.68 Å². The van der Waals surface area contributed by atoms with E-state index in [1.807, 2.05) is 32.4 Å². The molecule has 2 rings (SSSR count). The molecular formula is C17H31N3O3S. The van der Waals surface area contributed by atoms with Gasteiger partial charge >= 0.3 is 0 Å². The van der Waals surface area contributed by atoms with Crippen LogP contribution in [0.4, 0.5) is 0 Å². The van der Waals surface area contributed by atoms with Crippen molar-refractivity contribution in [2.75, 3.05) is 19.8 Å². The predicted octanol–water partition coefficient (Wildman–Crippen LogP) is 3.00. The second-order valence-electron chi connectivity index (χ2n) is 7.46. The van der Waals surface area contributed by atoms with Crippen molar-refractivity contribution < 1.29 is 13.2 Å². The van der Waals surface area contributed by atoms with Crippen LogP contribution >= 0.6 is 0 Å². The fourth-order valence-corrected chi connectivity index (χ4v) is 4.47. The van der Waals surface area contributed by atoms with E-state index < -0.39 is 10.0 Å². The standard InChI is InChI=1S/C17H31N3O3S/c1-5-23-12-8-11-18-24(21,22)15-13-20(14-9-6-7-10-14)19-16(15)17(2,3)4/h13-14,18H,5-12H2,1-4H3. The van der Waals surface area contributed by atoms with E-state index in [2.05, 4.69) is 9.82 Å². The van der Waals surface area contributed by atoms with Crippen LogP contribution in [0.5, 0.6) is 0 Å². The normalized spacial score (nSPS) is 16.8. The predicted molar refractivity (Wildman–Crippen MR) is 94.7 cm³/mol. The van der Waals surface area contributed by atoms with E-state index in [0.29, 0.717) is 42.8 Å². The summed E-state index contributed by atoms with van der Waals surface area (Å²) in [7, 11) is -3.56. The third kappa shape index (κ3) is 4.80. The molecule has 7 heteroatoms. The zero-order valence-electron chi connectivity index (χ0n) is 15.3. The number of sulfonamides is 1. The lowest BCUT2D eigenvalue weighted by Crippen LogP contribution is -2.28. The Bertz CT molecular complexity index is 626. The Hall–Kier alpha value is -0.920. The smallest absolute Gasteiger partial charge is 0.243 e. The average molecular weight is 358 g/mol. The summed E-state index contributed by atoms with van der Waals surface area (Å²) in [5, 5.41) is 4.66. The highest BCUT2D eigenvalue weighted by Gasteiger charge is 2.31. The number of rotatable bonds is 8. The lowest BCUT2D eigenvalue weighted by atomic mass is 9.92. The van der Waals surface area contributed by atoms with E-state index in [0.717, 1.165) is 12.8 Å². The van der Waals surface area contributed by atoms with Gasteiger partial charge in [-0.15, -0.1) is 0 Å². The monoisotopic (exact) mass is 357 g/mol. The molecule has 1 saturated carbocycles. The Balaban J connectivity index is 2.19. The molecule has 6 nitrogen and oxygen atoms in total. The number of hydrogen-bond donors (Lipinski definition) is 1. The fourth-order valence-electron chi connectivity index (χ4n) is 3.05. The summed E-state index contributed by atoms with van der Waals surface area (Å²) < 4.78 is 35.3. The van der Waals surface area contributed by atoms with Gasteiger partial charge in [-0.25, -0.2) is 13.1 Å². The highest BCUT2D eigenvalue weighted by atomic mass is 32.2. The molecule has 0 spiro atoms. The molecule has 0 bridgehead atoms. The highest BCUT2D eigenvalue weighted by Crippen LogP contribution is 2.33. The van der Waals surface area contributed by atoms with E-state index in [1.165, 1.54) is 12.8 Å². The Morgan fingerprint density at radius 3 is 2.58 bits per heavy atom. The summed E-state index contributed by atoms with van der Waals surface area (Å²) >= 11 is 0. The Kier molecular flexibility index (Phi) is 6.45. The fraction of sp³-hybridized carbons (Fsp3) is 0.824. The first kappa shape index (κ1) is 19.4. The van der Waals surface area contributed by atoms with Gasteiger partial charge < -0.3 is 4.74 Å². The maximum Gasteiger partial charge on any atom is 0.243 e. The zero-order chi connectivity index (χ0) is 17.8. The summed E-state index contributed by atoms with van der Waals surface area (Å²) in [5.41, 5.74) is 0.325. The van der Waals surface area contributed by atoms with Crippen molar-refractivity contribution in [3.8, 4) is 0 Å². The first-order chi connectivity index (χ1) is 11.3. The van der Waals surface area contributed by atoms with Crippen LogP contribution < -0.4 is 4.72 Å². The number of hydrogen-bond acceptors (Lipinski definition) is 4. The molecule has 1 heterocycles. The third-order valence-electron chi connectivity index (χ3n) is 4.36. The van der Waals surface area contributed by atoms with E-state index in [1.54, 1.807) is 6.20 Å². The molecule has 0 amide bonds. The number of nitrogens with one attached hydrogen (secondary N) is 1. The SMILES string of the molecule is CCOCCCNS(=O)(=O)c1cn(C2CCCC2)nc1C(C)(C)C. The molecule has 1 aromatic rings. The number of ether oxygens (including phenoxy) is 1. The molecule has 0 unspecified atom stereocenters. The lowest BCUT2D eigenvalue weighted by molar-refractivity contribution is 0.146. The van der Waals surface area contributed by atoms with Gasteiger partial charge in [-0.05, 0) is 26.2 Å². The van der Waals surface area contributed by atoms with Gasteiger partial charge in [0.2, 0.25) is 10.0 Å². The number of nitrogens with zero attached hydrogens (tertiary/aromatic N) is 2. The van der Waals surface area contributed by atoms with Crippen LogP contribution in [-0.2, 0) is 20.2 Å². The largest absolute Gasteiger partial charge is 0.382 e. The molecule has 138 valence electrons. The summed E-state index contributed by atoms with van der Waals surface area (Å²) in [6.45, 7) is 9.52. The molecular weight excluding hydrogens is 326 g/mol. The first-order valence-electron chi connectivity index (χ1n) is 8.92. The van der Waals surface area contributed by atoms with Crippen LogP contribution in [0.2, 0.25) is 0 Å². The topological polar surface area (TPSA) is 73.2 Å². The van der Waals surface area contributed by atoms with Crippen molar-refractivity contribution >= 4 is 10.0 Å². The Labute approximate surface area is 146 Å². The minimum absolute atomic E-state index is 0.318. The maximum atomic E-state index is 12.8. The van der Waals surface area contributed by atoms with Crippen molar-refractivity contribution in [2.24, 2.45) is 0 Å². The molecule has 0 saturated heterocycles. The summed E-state index contributed by atoms with van der Waals surface area (Å²) in [4.78, 5) is 0.318. The lowest BCUT2D eigenvalue weighted by Gasteiger charge is -2.18. The highest BCUT2D eigenvalue weighted by molar-refractivity contribution is 7.89. The Morgan fingerprint density at radius 1 is 1.33 bits per heavy atom. The van der Waals surface area contributed by atoms with Gasteiger partial charge in [0.1, 0.15) is 4.90 Å². The van der Waals surface area contributed by atoms with Gasteiger partial charge in [0.25, 0.3) is 0 Å². The molecule has 1 aliphatic carbocycles. The van der Waals surface area contributed by atoms with Crippen molar-refractivity contribution in [1.29, 1.82) is 0 Å². The molecule has 1 fully saturated rings. The second kappa shape index (κ2) is 7.97. The minimum Gasteiger partial charge on any atom is -0.382 e. The minimum atomic E-state index is -3.56. The van der Waals surface area contributed by atoms with Crippen LogP contribution in [0.15, 0.2) is 11.1 Å². The van der Waals surface area contributed by atoms with Crippen molar-refractivity contribution in [3.63, 3.8) is 0 Å². The molecule has 1 aromatic heterocycles. The van der Waals surface area contributed by atoms with Crippen molar-refractivity contribution in [1.82, 2.24) is 14.5 Å². The molecule has 0 aliphatic heterocycles. The van der Waals surface area contributed by atoms with Crippen LogP contribution in [0, 0.1) is 0 Å². The quantitative estimate of drug-likeness (QED) is 0.726. The molecule has 24 heavy (non-hydrogen) atoms. The molecule has 0 atom stereocenters. The third-order valence-corrected chi connectivity index (χ3v) is 5.82. The van der Waals surface area contributed by atoms with Crippen LogP contribution in [0.3, 0.4) is 0 Å². The van der Waals surface area contributed by atoms with E-state index in [4.69, 9.17) is 4.74 Å². The van der Waals surface area contributed by atoms with E-state index >= 15 is 0 Å². The van der Waals surface area contributed by atoms with Crippen LogP contribution in [-0.4, -0.2) is 38.0 Å². The van der Waals surface area contributed by atoms with Gasteiger partial charge in [0.05, 0.1) is 11.7 Å². The van der Waals surface area contributed by atoms with Crippen LogP contribution in [0.1, 0.15) is 71.5 Å². The number of aromatic nitrogens is 2. The second-order valence-corrected chi connectivity index (χ2v) is 9.19. The van der Waals surface area contributed by atoms with Gasteiger partial charge in [0, 0.05) is 31.4 Å². The molecule has 1 aliphatic rings. The van der Waals surface area contributed by atoms with Crippen molar-refractivity contribution in [3.05, 3.63) is 11.9 Å². The average Bonchev–Trinajstić information content (AvgIpc) is 3.15.